The van der Waals surface area contributed by atoms with Gasteiger partial charge in [-0.05, 0) is 55.2 Å². The summed E-state index contributed by atoms with van der Waals surface area (Å²) in [5.41, 5.74) is 4.00. The van der Waals surface area contributed by atoms with Gasteiger partial charge in [-0.25, -0.2) is 14.4 Å². The maximum atomic E-state index is 12.8. The summed E-state index contributed by atoms with van der Waals surface area (Å²) in [6, 6.07) is 13.3. The van der Waals surface area contributed by atoms with E-state index in [9.17, 15) is 14.4 Å². The molecule has 0 spiro atoms. The van der Waals surface area contributed by atoms with Crippen LogP contribution >= 0.6 is 0 Å². The SMILES string of the molecule is CCCCN1C(=O)NC(c2cccc(NC(=O)Nc3ccc(CC)cc3)c2)C(C(=O)OC)=C1C. The van der Waals surface area contributed by atoms with Crippen molar-refractivity contribution < 1.29 is 19.1 Å². The Morgan fingerprint density at radius 2 is 1.76 bits per heavy atom. The molecule has 2 aromatic rings. The van der Waals surface area contributed by atoms with Gasteiger partial charge in [0.15, 0.2) is 0 Å². The molecule has 4 amide bonds. The molecule has 34 heavy (non-hydrogen) atoms. The first kappa shape index (κ1) is 24.8. The summed E-state index contributed by atoms with van der Waals surface area (Å²) in [5.74, 6) is -0.504. The third-order valence-corrected chi connectivity index (χ3v) is 5.83. The molecule has 0 radical (unpaired) electrons. The number of benzene rings is 2. The molecule has 0 fully saturated rings. The average Bonchev–Trinajstić information content (AvgIpc) is 2.83. The number of aryl methyl sites for hydroxylation is 1. The number of urea groups is 2. The molecule has 3 rings (SSSR count). The lowest BCUT2D eigenvalue weighted by Gasteiger charge is -2.35. The van der Waals surface area contributed by atoms with E-state index in [1.54, 1.807) is 36.1 Å². The van der Waals surface area contributed by atoms with Crippen LogP contribution in [0.4, 0.5) is 21.0 Å². The van der Waals surface area contributed by atoms with Gasteiger partial charge in [0.2, 0.25) is 0 Å². The van der Waals surface area contributed by atoms with Crippen LogP contribution in [0.15, 0.2) is 59.8 Å². The average molecular weight is 465 g/mol. The summed E-state index contributed by atoms with van der Waals surface area (Å²) < 4.78 is 5.02. The van der Waals surface area contributed by atoms with Crippen molar-refractivity contribution in [3.8, 4) is 0 Å². The van der Waals surface area contributed by atoms with Crippen molar-refractivity contribution in [2.24, 2.45) is 0 Å². The number of unbranched alkanes of at least 4 members (excludes halogenated alkanes) is 1. The van der Waals surface area contributed by atoms with Gasteiger partial charge in [0.25, 0.3) is 0 Å². The number of nitrogens with zero attached hydrogens (tertiary/aromatic N) is 1. The zero-order valence-corrected chi connectivity index (χ0v) is 20.1. The van der Waals surface area contributed by atoms with Crippen LogP contribution in [0.2, 0.25) is 0 Å². The molecule has 1 atom stereocenters. The minimum Gasteiger partial charge on any atom is -0.466 e. The Hall–Kier alpha value is -3.81. The standard InChI is InChI=1S/C26H32N4O4/c1-5-7-15-30-17(3)22(24(31)34-4)23(29-26(30)33)19-9-8-10-21(16-19)28-25(32)27-20-13-11-18(6-2)12-14-20/h8-14,16,23H,5-7,15H2,1-4H3,(H,29,33)(H2,27,28,32). The molecule has 8 nitrogen and oxygen atoms in total. The Morgan fingerprint density at radius 3 is 2.41 bits per heavy atom. The van der Waals surface area contributed by atoms with E-state index in [1.165, 1.54) is 12.7 Å². The molecular formula is C26H32N4O4. The predicted octanol–water partition coefficient (Wildman–Crippen LogP) is 5.21. The second-order valence-corrected chi connectivity index (χ2v) is 8.13. The largest absolute Gasteiger partial charge is 0.466 e. The van der Waals surface area contributed by atoms with Gasteiger partial charge in [0, 0.05) is 23.6 Å². The smallest absolute Gasteiger partial charge is 0.337 e. The number of carbonyl (C=O) groups is 3. The fourth-order valence-corrected chi connectivity index (χ4v) is 3.90. The molecule has 1 aliphatic rings. The van der Waals surface area contributed by atoms with E-state index in [1.807, 2.05) is 31.2 Å². The Balaban J connectivity index is 1.82. The Bertz CT molecular complexity index is 1080. The van der Waals surface area contributed by atoms with Gasteiger partial charge in [0.05, 0.1) is 18.7 Å². The van der Waals surface area contributed by atoms with E-state index in [2.05, 4.69) is 22.9 Å². The number of allylic oxidation sites excluding steroid dienone is 1. The number of carbonyl (C=O) groups excluding carboxylic acids is 3. The molecular weight excluding hydrogens is 432 g/mol. The summed E-state index contributed by atoms with van der Waals surface area (Å²) >= 11 is 0. The van der Waals surface area contributed by atoms with Crippen molar-refractivity contribution in [2.75, 3.05) is 24.3 Å². The summed E-state index contributed by atoms with van der Waals surface area (Å²) in [7, 11) is 1.32. The zero-order chi connectivity index (χ0) is 24.7. The number of ether oxygens (including phenoxy) is 1. The van der Waals surface area contributed by atoms with E-state index in [0.29, 0.717) is 34.8 Å². The molecule has 0 bridgehead atoms. The first-order chi connectivity index (χ1) is 16.4. The van der Waals surface area contributed by atoms with Crippen LogP contribution < -0.4 is 16.0 Å². The highest BCUT2D eigenvalue weighted by molar-refractivity contribution is 6.00. The van der Waals surface area contributed by atoms with E-state index >= 15 is 0 Å². The normalized spacial score (nSPS) is 15.6. The first-order valence-corrected chi connectivity index (χ1v) is 11.5. The zero-order valence-electron chi connectivity index (χ0n) is 20.1. The van der Waals surface area contributed by atoms with Crippen molar-refractivity contribution in [3.63, 3.8) is 0 Å². The summed E-state index contributed by atoms with van der Waals surface area (Å²) in [6.45, 7) is 6.39. The number of amides is 4. The van der Waals surface area contributed by atoms with Crippen LogP contribution in [0.5, 0.6) is 0 Å². The minimum absolute atomic E-state index is 0.268. The van der Waals surface area contributed by atoms with Crippen LogP contribution in [0, 0.1) is 0 Å². The number of rotatable bonds is 8. The number of nitrogens with one attached hydrogen (secondary N) is 3. The van der Waals surface area contributed by atoms with Gasteiger partial charge in [-0.1, -0.05) is 44.5 Å². The molecule has 180 valence electrons. The highest BCUT2D eigenvalue weighted by Crippen LogP contribution is 2.32. The lowest BCUT2D eigenvalue weighted by molar-refractivity contribution is -0.136. The second-order valence-electron chi connectivity index (χ2n) is 8.13. The van der Waals surface area contributed by atoms with Gasteiger partial charge in [-0.2, -0.15) is 0 Å². The molecule has 1 aliphatic heterocycles. The number of hydrogen-bond donors (Lipinski definition) is 3. The van der Waals surface area contributed by atoms with Crippen LogP contribution in [0.25, 0.3) is 0 Å². The summed E-state index contributed by atoms with van der Waals surface area (Å²) in [6.07, 6.45) is 2.67. The predicted molar refractivity (Wildman–Crippen MR) is 133 cm³/mol. The maximum Gasteiger partial charge on any atom is 0.337 e. The second kappa shape index (κ2) is 11.4. The number of hydrogen-bond acceptors (Lipinski definition) is 4. The summed E-state index contributed by atoms with van der Waals surface area (Å²) in [5, 5.41) is 8.54. The Kier molecular flexibility index (Phi) is 8.29. The van der Waals surface area contributed by atoms with Crippen molar-refractivity contribution in [2.45, 2.75) is 46.1 Å². The number of anilines is 2. The van der Waals surface area contributed by atoms with Crippen molar-refractivity contribution >= 4 is 29.4 Å². The van der Waals surface area contributed by atoms with Gasteiger partial charge in [-0.3, -0.25) is 4.90 Å². The monoisotopic (exact) mass is 464 g/mol. The maximum absolute atomic E-state index is 12.8. The topological polar surface area (TPSA) is 99.8 Å². The highest BCUT2D eigenvalue weighted by atomic mass is 16.5. The van der Waals surface area contributed by atoms with Crippen molar-refractivity contribution in [3.05, 3.63) is 70.9 Å². The molecule has 0 saturated carbocycles. The lowest BCUT2D eigenvalue weighted by Crippen LogP contribution is -2.48. The quantitative estimate of drug-likeness (QED) is 0.467. The molecule has 0 aliphatic carbocycles. The molecule has 1 unspecified atom stereocenters. The first-order valence-electron chi connectivity index (χ1n) is 11.5. The molecule has 8 heteroatoms. The highest BCUT2D eigenvalue weighted by Gasteiger charge is 2.36. The third-order valence-electron chi connectivity index (χ3n) is 5.83. The van der Waals surface area contributed by atoms with Crippen LogP contribution in [0.1, 0.15) is 50.8 Å². The lowest BCUT2D eigenvalue weighted by atomic mass is 9.94. The van der Waals surface area contributed by atoms with Crippen LogP contribution in [-0.2, 0) is 16.0 Å². The Labute approximate surface area is 200 Å². The fraction of sp³-hybridized carbons (Fsp3) is 0.346. The van der Waals surface area contributed by atoms with E-state index in [0.717, 1.165) is 19.3 Å². The molecule has 3 N–H and O–H groups in total. The third kappa shape index (κ3) is 5.75. The fourth-order valence-electron chi connectivity index (χ4n) is 3.90. The van der Waals surface area contributed by atoms with E-state index in [-0.39, 0.29) is 12.1 Å². The summed E-state index contributed by atoms with van der Waals surface area (Å²) in [4.78, 5) is 39.6. The van der Waals surface area contributed by atoms with Gasteiger partial charge in [-0.15, -0.1) is 0 Å². The Morgan fingerprint density at radius 1 is 1.06 bits per heavy atom. The van der Waals surface area contributed by atoms with Gasteiger partial charge in [0.1, 0.15) is 0 Å². The van der Waals surface area contributed by atoms with Crippen molar-refractivity contribution in [1.82, 2.24) is 10.2 Å². The minimum atomic E-state index is -0.691. The van der Waals surface area contributed by atoms with Crippen LogP contribution in [0.3, 0.4) is 0 Å². The van der Waals surface area contributed by atoms with E-state index in [4.69, 9.17) is 4.74 Å². The van der Waals surface area contributed by atoms with Gasteiger partial charge < -0.3 is 20.7 Å². The molecule has 2 aromatic carbocycles. The van der Waals surface area contributed by atoms with Crippen molar-refractivity contribution in [1.29, 1.82) is 0 Å². The number of esters is 1. The number of methoxy groups -OCH3 is 1. The molecule has 0 aromatic heterocycles. The van der Waals surface area contributed by atoms with Crippen LogP contribution in [-0.4, -0.2) is 36.6 Å². The van der Waals surface area contributed by atoms with E-state index < -0.39 is 12.0 Å². The van der Waals surface area contributed by atoms with Gasteiger partial charge >= 0.3 is 18.0 Å². The molecule has 1 heterocycles. The molecule has 0 saturated heterocycles.